The molecule has 0 aromatic carbocycles. The van der Waals surface area contributed by atoms with Crippen LogP contribution in [-0.4, -0.2) is 49.2 Å². The van der Waals surface area contributed by atoms with Crippen molar-refractivity contribution in [2.75, 3.05) is 32.8 Å². The first-order valence-corrected chi connectivity index (χ1v) is 8.40. The molecule has 2 aliphatic heterocycles. The van der Waals surface area contributed by atoms with Gasteiger partial charge in [0, 0.05) is 13.2 Å². The molecule has 0 bridgehead atoms. The summed E-state index contributed by atoms with van der Waals surface area (Å²) in [7, 11) is 0. The molecule has 114 valence electrons. The lowest BCUT2D eigenvalue weighted by atomic mass is 9.80. The van der Waals surface area contributed by atoms with Gasteiger partial charge in [0.25, 0.3) is 0 Å². The summed E-state index contributed by atoms with van der Waals surface area (Å²) in [4.78, 5) is 15.0. The average Bonchev–Trinajstić information content (AvgIpc) is 3.12. The number of hydrogen-bond donors (Lipinski definition) is 1. The van der Waals surface area contributed by atoms with Crippen LogP contribution in [0.4, 0.5) is 0 Å². The Morgan fingerprint density at radius 2 is 1.90 bits per heavy atom. The second kappa shape index (κ2) is 6.44. The van der Waals surface area contributed by atoms with E-state index >= 15 is 0 Å². The lowest BCUT2D eigenvalue weighted by Crippen LogP contribution is -2.57. The molecule has 1 amide bonds. The number of nitrogens with one attached hydrogen (secondary N) is 1. The average molecular weight is 280 g/mol. The predicted molar refractivity (Wildman–Crippen MR) is 78.6 cm³/mol. The van der Waals surface area contributed by atoms with Crippen molar-refractivity contribution in [1.29, 1.82) is 0 Å². The molecule has 4 heteroatoms. The van der Waals surface area contributed by atoms with Gasteiger partial charge >= 0.3 is 0 Å². The Bertz CT molecular complexity index is 327. The van der Waals surface area contributed by atoms with Crippen LogP contribution < -0.4 is 5.32 Å². The molecule has 3 aliphatic rings. The molecule has 20 heavy (non-hydrogen) atoms. The molecule has 0 aromatic rings. The standard InChI is InChI=1S/C16H28N2O2/c19-15(14-6-11-20-12-14)17-16(7-2-1-3-8-16)13-18-9-4-5-10-18/h14H,1-13H2,(H,17,19). The van der Waals surface area contributed by atoms with Gasteiger partial charge in [0.2, 0.25) is 5.91 Å². The fourth-order valence-corrected chi connectivity index (χ4v) is 4.02. The van der Waals surface area contributed by atoms with Crippen LogP contribution in [0.3, 0.4) is 0 Å². The van der Waals surface area contributed by atoms with Crippen molar-refractivity contribution in [2.24, 2.45) is 5.92 Å². The Kier molecular flexibility index (Phi) is 4.61. The summed E-state index contributed by atoms with van der Waals surface area (Å²) in [6, 6.07) is 0. The normalized spacial score (nSPS) is 30.5. The quantitative estimate of drug-likeness (QED) is 0.855. The number of carbonyl (C=O) groups excluding carboxylic acids is 1. The fraction of sp³-hybridized carbons (Fsp3) is 0.938. The third-order valence-electron chi connectivity index (χ3n) is 5.22. The monoisotopic (exact) mass is 280 g/mol. The smallest absolute Gasteiger partial charge is 0.226 e. The summed E-state index contributed by atoms with van der Waals surface area (Å²) in [6.45, 7) is 4.85. The van der Waals surface area contributed by atoms with Gasteiger partial charge in [0.15, 0.2) is 0 Å². The van der Waals surface area contributed by atoms with Crippen molar-refractivity contribution in [3.63, 3.8) is 0 Å². The van der Waals surface area contributed by atoms with E-state index in [2.05, 4.69) is 10.2 Å². The summed E-state index contributed by atoms with van der Waals surface area (Å²) in [6.07, 6.45) is 9.69. The van der Waals surface area contributed by atoms with Crippen molar-refractivity contribution < 1.29 is 9.53 Å². The van der Waals surface area contributed by atoms with Gasteiger partial charge in [-0.2, -0.15) is 0 Å². The van der Waals surface area contributed by atoms with E-state index in [1.54, 1.807) is 0 Å². The second-order valence-corrected chi connectivity index (χ2v) is 6.87. The van der Waals surface area contributed by atoms with Crippen molar-refractivity contribution in [2.45, 2.75) is 56.9 Å². The fourth-order valence-electron chi connectivity index (χ4n) is 4.02. The van der Waals surface area contributed by atoms with Gasteiger partial charge in [-0.15, -0.1) is 0 Å². The van der Waals surface area contributed by atoms with Crippen LogP contribution in [0, 0.1) is 5.92 Å². The maximum absolute atomic E-state index is 12.5. The minimum Gasteiger partial charge on any atom is -0.381 e. The number of rotatable bonds is 4. The van der Waals surface area contributed by atoms with Gasteiger partial charge in [0.05, 0.1) is 18.1 Å². The number of carbonyl (C=O) groups is 1. The maximum Gasteiger partial charge on any atom is 0.226 e. The van der Waals surface area contributed by atoms with Crippen LogP contribution in [0.2, 0.25) is 0 Å². The van der Waals surface area contributed by atoms with E-state index in [0.717, 1.165) is 32.4 Å². The van der Waals surface area contributed by atoms with Crippen molar-refractivity contribution in [1.82, 2.24) is 10.2 Å². The largest absolute Gasteiger partial charge is 0.381 e. The molecule has 2 saturated heterocycles. The molecule has 1 unspecified atom stereocenters. The van der Waals surface area contributed by atoms with E-state index in [0.29, 0.717) is 6.61 Å². The van der Waals surface area contributed by atoms with E-state index in [9.17, 15) is 4.79 Å². The lowest BCUT2D eigenvalue weighted by Gasteiger charge is -2.41. The van der Waals surface area contributed by atoms with Crippen LogP contribution in [0.15, 0.2) is 0 Å². The highest BCUT2D eigenvalue weighted by atomic mass is 16.5. The Morgan fingerprint density at radius 3 is 2.55 bits per heavy atom. The highest BCUT2D eigenvalue weighted by Crippen LogP contribution is 2.31. The molecule has 3 fully saturated rings. The zero-order chi connectivity index (χ0) is 13.8. The zero-order valence-electron chi connectivity index (χ0n) is 12.5. The van der Waals surface area contributed by atoms with Gasteiger partial charge in [-0.25, -0.2) is 0 Å². The van der Waals surface area contributed by atoms with E-state index in [1.807, 2.05) is 0 Å². The molecular weight excluding hydrogens is 252 g/mol. The van der Waals surface area contributed by atoms with Crippen LogP contribution in [0.5, 0.6) is 0 Å². The molecular formula is C16H28N2O2. The third kappa shape index (κ3) is 3.34. The lowest BCUT2D eigenvalue weighted by molar-refractivity contribution is -0.127. The Morgan fingerprint density at radius 1 is 1.15 bits per heavy atom. The maximum atomic E-state index is 12.5. The summed E-state index contributed by atoms with van der Waals surface area (Å²) >= 11 is 0. The first kappa shape index (κ1) is 14.3. The Labute approximate surface area is 122 Å². The van der Waals surface area contributed by atoms with Crippen molar-refractivity contribution in [3.05, 3.63) is 0 Å². The molecule has 2 heterocycles. The first-order valence-electron chi connectivity index (χ1n) is 8.40. The number of nitrogens with zero attached hydrogens (tertiary/aromatic N) is 1. The van der Waals surface area contributed by atoms with E-state index in [4.69, 9.17) is 4.74 Å². The number of amides is 1. The Hall–Kier alpha value is -0.610. The topological polar surface area (TPSA) is 41.6 Å². The van der Waals surface area contributed by atoms with Gasteiger partial charge < -0.3 is 15.0 Å². The number of ether oxygens (including phenoxy) is 1. The third-order valence-corrected chi connectivity index (χ3v) is 5.22. The highest BCUT2D eigenvalue weighted by Gasteiger charge is 2.38. The minimum atomic E-state index is 0.0439. The van der Waals surface area contributed by atoms with Crippen LogP contribution in [-0.2, 0) is 9.53 Å². The number of hydrogen-bond acceptors (Lipinski definition) is 3. The van der Waals surface area contributed by atoms with Crippen LogP contribution >= 0.6 is 0 Å². The predicted octanol–water partition coefficient (Wildman–Crippen LogP) is 1.94. The second-order valence-electron chi connectivity index (χ2n) is 6.87. The molecule has 0 radical (unpaired) electrons. The highest BCUT2D eigenvalue weighted by molar-refractivity contribution is 5.79. The summed E-state index contributed by atoms with van der Waals surface area (Å²) in [5.74, 6) is 0.330. The SMILES string of the molecule is O=C(NC1(CN2CCCC2)CCCCC1)C1CCOC1. The van der Waals surface area contributed by atoms with E-state index in [-0.39, 0.29) is 17.4 Å². The molecule has 0 aromatic heterocycles. The molecule has 0 spiro atoms. The molecule has 1 atom stereocenters. The van der Waals surface area contributed by atoms with E-state index in [1.165, 1.54) is 45.2 Å². The van der Waals surface area contributed by atoms with Crippen molar-refractivity contribution in [3.8, 4) is 0 Å². The Balaban J connectivity index is 1.62. The van der Waals surface area contributed by atoms with E-state index < -0.39 is 0 Å². The van der Waals surface area contributed by atoms with Gasteiger partial charge in [0.1, 0.15) is 0 Å². The van der Waals surface area contributed by atoms with Crippen molar-refractivity contribution >= 4 is 5.91 Å². The molecule has 1 saturated carbocycles. The minimum absolute atomic E-state index is 0.0439. The summed E-state index contributed by atoms with van der Waals surface area (Å²) in [5, 5.41) is 3.44. The summed E-state index contributed by atoms with van der Waals surface area (Å²) in [5.41, 5.74) is 0.0439. The molecule has 1 aliphatic carbocycles. The number of likely N-dealkylation sites (tertiary alicyclic amines) is 1. The van der Waals surface area contributed by atoms with Crippen LogP contribution in [0.1, 0.15) is 51.4 Å². The van der Waals surface area contributed by atoms with Gasteiger partial charge in [-0.1, -0.05) is 19.3 Å². The van der Waals surface area contributed by atoms with Crippen LogP contribution in [0.25, 0.3) is 0 Å². The molecule has 3 rings (SSSR count). The molecule has 4 nitrogen and oxygen atoms in total. The van der Waals surface area contributed by atoms with Gasteiger partial charge in [-0.3, -0.25) is 4.79 Å². The first-order chi connectivity index (χ1) is 9.77. The zero-order valence-corrected chi connectivity index (χ0v) is 12.5. The summed E-state index contributed by atoms with van der Waals surface area (Å²) < 4.78 is 5.36. The van der Waals surface area contributed by atoms with Gasteiger partial charge in [-0.05, 0) is 45.2 Å². The molecule has 1 N–H and O–H groups in total.